The Morgan fingerprint density at radius 1 is 1.36 bits per heavy atom. The van der Waals surface area contributed by atoms with Gasteiger partial charge in [-0.25, -0.2) is 22.1 Å². The highest BCUT2D eigenvalue weighted by molar-refractivity contribution is 7.89. The van der Waals surface area contributed by atoms with Crippen LogP contribution >= 0.6 is 0 Å². The van der Waals surface area contributed by atoms with Crippen molar-refractivity contribution in [2.75, 3.05) is 24.7 Å². The Bertz CT molecular complexity index is 1180. The quantitative estimate of drug-likeness (QED) is 0.590. The van der Waals surface area contributed by atoms with Crippen LogP contribution in [0.2, 0.25) is 0 Å². The number of rotatable bonds is 6. The first-order chi connectivity index (χ1) is 15.6. The summed E-state index contributed by atoms with van der Waals surface area (Å²) in [5, 5.41) is 13.3. The molecule has 4 rings (SSSR count). The van der Waals surface area contributed by atoms with Gasteiger partial charge in [0.15, 0.2) is 0 Å². The normalized spacial score (nSPS) is 22.3. The van der Waals surface area contributed by atoms with Gasteiger partial charge in [-0.3, -0.25) is 10.2 Å². The fourth-order valence-electron chi connectivity index (χ4n) is 3.82. The molecule has 2 heterocycles. The zero-order valence-electron chi connectivity index (χ0n) is 18.4. The van der Waals surface area contributed by atoms with E-state index in [0.717, 1.165) is 10.4 Å². The fourth-order valence-corrected chi connectivity index (χ4v) is 5.29. The van der Waals surface area contributed by atoms with E-state index in [1.807, 2.05) is 0 Å². The van der Waals surface area contributed by atoms with Crippen LogP contribution in [-0.4, -0.2) is 49.0 Å². The molecule has 3 N–H and O–H groups in total. The molecule has 0 spiro atoms. The monoisotopic (exact) mass is 475 g/mol. The molecule has 1 aromatic heterocycles. The standard InChI is InChI=1S/C22H26FN5O4S/c1-22(13-33(30,31)28(2)21(24)27-22)17-10-15(6-8-18(17)23)26-20(29)19-9-7-16(11-25-19)32-12-14-4-3-5-14/h6-11,14H,3-5,12-13H2,1-2H3,(H2,24,27)(H,26,29)/t22-/m0/s1. The second-order valence-corrected chi connectivity index (χ2v) is 10.7. The number of amides is 1. The van der Waals surface area contributed by atoms with Crippen LogP contribution in [0.25, 0.3) is 0 Å². The summed E-state index contributed by atoms with van der Waals surface area (Å²) in [5.74, 6) is -0.785. The Hall–Kier alpha value is -3.21. The first kappa shape index (κ1) is 23.0. The van der Waals surface area contributed by atoms with Crippen LogP contribution in [0.15, 0.2) is 36.5 Å². The number of guanidine groups is 1. The third-order valence-corrected chi connectivity index (χ3v) is 8.05. The van der Waals surface area contributed by atoms with Crippen molar-refractivity contribution >= 4 is 27.6 Å². The van der Waals surface area contributed by atoms with Gasteiger partial charge in [-0.15, -0.1) is 0 Å². The molecule has 0 radical (unpaired) electrons. The lowest BCUT2D eigenvalue weighted by atomic mass is 9.86. The van der Waals surface area contributed by atoms with Crippen LogP contribution < -0.4 is 15.4 Å². The predicted molar refractivity (Wildman–Crippen MR) is 121 cm³/mol. The Balaban J connectivity index is 1.48. The van der Waals surface area contributed by atoms with E-state index in [-0.39, 0.29) is 22.9 Å². The number of hydrogen-bond donors (Lipinski definition) is 3. The van der Waals surface area contributed by atoms with Crippen molar-refractivity contribution in [2.45, 2.75) is 31.7 Å². The molecule has 1 amide bonds. The molecule has 0 bridgehead atoms. The fraction of sp³-hybridized carbons (Fsp3) is 0.409. The molecular weight excluding hydrogens is 449 g/mol. The SMILES string of the molecule is CN1C(=N)N[C@](C)(c2cc(NC(=O)c3ccc(OCC4CCC4)cn3)ccc2F)CS1(=O)=O. The molecule has 1 aliphatic heterocycles. The summed E-state index contributed by atoms with van der Waals surface area (Å²) in [6.45, 7) is 2.14. The van der Waals surface area contributed by atoms with Gasteiger partial charge in [-0.05, 0) is 56.0 Å². The zero-order valence-corrected chi connectivity index (χ0v) is 19.2. The number of anilines is 1. The maximum absolute atomic E-state index is 14.7. The molecule has 2 aromatic rings. The number of ether oxygens (including phenoxy) is 1. The summed E-state index contributed by atoms with van der Waals surface area (Å²) >= 11 is 0. The Morgan fingerprint density at radius 2 is 2.12 bits per heavy atom. The maximum atomic E-state index is 14.7. The number of nitrogens with one attached hydrogen (secondary N) is 3. The van der Waals surface area contributed by atoms with Gasteiger partial charge < -0.3 is 15.4 Å². The van der Waals surface area contributed by atoms with Crippen LogP contribution in [0.3, 0.4) is 0 Å². The average Bonchev–Trinajstić information content (AvgIpc) is 2.72. The van der Waals surface area contributed by atoms with Crippen molar-refractivity contribution in [2.24, 2.45) is 5.92 Å². The average molecular weight is 476 g/mol. The highest BCUT2D eigenvalue weighted by Gasteiger charge is 2.43. The molecule has 9 nitrogen and oxygen atoms in total. The number of benzene rings is 1. The Morgan fingerprint density at radius 3 is 2.73 bits per heavy atom. The summed E-state index contributed by atoms with van der Waals surface area (Å²) in [5.41, 5.74) is -0.932. The molecule has 1 atom stereocenters. The van der Waals surface area contributed by atoms with Crippen molar-refractivity contribution < 1.29 is 22.3 Å². The second kappa shape index (κ2) is 8.62. The molecule has 1 saturated heterocycles. The molecule has 1 aliphatic carbocycles. The molecule has 0 unspecified atom stereocenters. The Labute approximate surface area is 191 Å². The maximum Gasteiger partial charge on any atom is 0.274 e. The van der Waals surface area contributed by atoms with E-state index in [1.54, 1.807) is 12.1 Å². The lowest BCUT2D eigenvalue weighted by Gasteiger charge is -2.40. The smallest absolute Gasteiger partial charge is 0.274 e. The minimum absolute atomic E-state index is 0.0226. The van der Waals surface area contributed by atoms with Crippen molar-refractivity contribution in [3.63, 3.8) is 0 Å². The van der Waals surface area contributed by atoms with E-state index in [4.69, 9.17) is 10.1 Å². The van der Waals surface area contributed by atoms with Crippen LogP contribution in [0, 0.1) is 17.1 Å². The van der Waals surface area contributed by atoms with E-state index < -0.39 is 33.0 Å². The van der Waals surface area contributed by atoms with Crippen molar-refractivity contribution in [1.82, 2.24) is 14.6 Å². The van der Waals surface area contributed by atoms with Gasteiger partial charge in [-0.2, -0.15) is 0 Å². The van der Waals surface area contributed by atoms with Gasteiger partial charge in [0.25, 0.3) is 5.91 Å². The molecule has 33 heavy (non-hydrogen) atoms. The molecule has 1 aromatic carbocycles. The van der Waals surface area contributed by atoms with Crippen LogP contribution in [0.5, 0.6) is 5.75 Å². The summed E-state index contributed by atoms with van der Waals surface area (Å²) in [4.78, 5) is 16.8. The number of hydrogen-bond acceptors (Lipinski definition) is 6. The predicted octanol–water partition coefficient (Wildman–Crippen LogP) is 2.67. The Kier molecular flexibility index (Phi) is 6.00. The number of aromatic nitrogens is 1. The number of pyridine rings is 1. The minimum atomic E-state index is -3.80. The lowest BCUT2D eigenvalue weighted by molar-refractivity contribution is 0.102. The topological polar surface area (TPSA) is 124 Å². The van der Waals surface area contributed by atoms with Gasteiger partial charge in [-0.1, -0.05) is 6.42 Å². The van der Waals surface area contributed by atoms with Gasteiger partial charge in [0, 0.05) is 18.3 Å². The van der Waals surface area contributed by atoms with Gasteiger partial charge in [0.1, 0.15) is 17.3 Å². The molecule has 2 fully saturated rings. The largest absolute Gasteiger partial charge is 0.492 e. The third-order valence-electron chi connectivity index (χ3n) is 6.10. The summed E-state index contributed by atoms with van der Waals surface area (Å²) in [6, 6.07) is 7.12. The van der Waals surface area contributed by atoms with E-state index in [2.05, 4.69) is 15.6 Å². The van der Waals surface area contributed by atoms with Crippen molar-refractivity contribution in [3.05, 3.63) is 53.6 Å². The zero-order chi connectivity index (χ0) is 23.8. The molecule has 176 valence electrons. The van der Waals surface area contributed by atoms with E-state index in [9.17, 15) is 17.6 Å². The van der Waals surface area contributed by atoms with Crippen LogP contribution in [0.1, 0.15) is 42.2 Å². The van der Waals surface area contributed by atoms with Crippen LogP contribution in [-0.2, 0) is 15.6 Å². The van der Waals surface area contributed by atoms with Crippen molar-refractivity contribution in [1.29, 1.82) is 5.41 Å². The number of carbonyl (C=O) groups excluding carboxylic acids is 1. The minimum Gasteiger partial charge on any atom is -0.492 e. The van der Waals surface area contributed by atoms with E-state index in [0.29, 0.717) is 18.3 Å². The van der Waals surface area contributed by atoms with Gasteiger partial charge in [0.2, 0.25) is 16.0 Å². The van der Waals surface area contributed by atoms with Gasteiger partial charge >= 0.3 is 0 Å². The number of nitrogens with zero attached hydrogens (tertiary/aromatic N) is 2. The first-order valence-electron chi connectivity index (χ1n) is 10.6. The third kappa shape index (κ3) is 4.77. The summed E-state index contributed by atoms with van der Waals surface area (Å²) in [7, 11) is -2.55. The number of sulfonamides is 1. The number of halogens is 1. The second-order valence-electron chi connectivity index (χ2n) is 8.67. The molecule has 1 saturated carbocycles. The summed E-state index contributed by atoms with van der Waals surface area (Å²) in [6.07, 6.45) is 5.07. The highest BCUT2D eigenvalue weighted by atomic mass is 32.2. The molecule has 11 heteroatoms. The highest BCUT2D eigenvalue weighted by Crippen LogP contribution is 2.31. The lowest BCUT2D eigenvalue weighted by Crippen LogP contribution is -2.61. The molecule has 2 aliphatic rings. The summed E-state index contributed by atoms with van der Waals surface area (Å²) < 4.78 is 46.0. The first-order valence-corrected chi connectivity index (χ1v) is 12.2. The van der Waals surface area contributed by atoms with Crippen LogP contribution in [0.4, 0.5) is 10.1 Å². The molecular formula is C22H26FN5O4S. The van der Waals surface area contributed by atoms with Crippen molar-refractivity contribution in [3.8, 4) is 5.75 Å². The number of carbonyl (C=O) groups is 1. The van der Waals surface area contributed by atoms with E-state index >= 15 is 0 Å². The van der Waals surface area contributed by atoms with E-state index in [1.165, 1.54) is 51.6 Å². The van der Waals surface area contributed by atoms with Gasteiger partial charge in [0.05, 0.1) is 24.1 Å².